The lowest BCUT2D eigenvalue weighted by Crippen LogP contribution is -2.22. The molecule has 2 rings (SSSR count). The molecule has 1 aliphatic rings. The number of carbonyl (C=O) groups is 1. The van der Waals surface area contributed by atoms with E-state index in [0.29, 0.717) is 13.0 Å². The SMILES string of the molecule is CCC1OCCC1c1nnnn1C(CC)CC(=O)O. The van der Waals surface area contributed by atoms with Crippen LogP contribution in [0.3, 0.4) is 0 Å². The molecule has 0 aromatic carbocycles. The Morgan fingerprint density at radius 1 is 1.58 bits per heavy atom. The Morgan fingerprint density at radius 3 is 3.00 bits per heavy atom. The summed E-state index contributed by atoms with van der Waals surface area (Å²) < 4.78 is 7.34. The van der Waals surface area contributed by atoms with Crippen LogP contribution in [0.5, 0.6) is 0 Å². The zero-order valence-electron chi connectivity index (χ0n) is 11.3. The normalized spacial score (nSPS) is 24.5. The number of tetrazole rings is 1. The van der Waals surface area contributed by atoms with E-state index in [1.807, 2.05) is 6.92 Å². The highest BCUT2D eigenvalue weighted by atomic mass is 16.5. The molecule has 2 heterocycles. The van der Waals surface area contributed by atoms with Gasteiger partial charge in [0.25, 0.3) is 0 Å². The summed E-state index contributed by atoms with van der Waals surface area (Å²) in [6.45, 7) is 4.74. The van der Waals surface area contributed by atoms with Gasteiger partial charge in [0.05, 0.1) is 18.6 Å². The van der Waals surface area contributed by atoms with Crippen LogP contribution in [0.15, 0.2) is 0 Å². The van der Waals surface area contributed by atoms with Gasteiger partial charge < -0.3 is 9.84 Å². The van der Waals surface area contributed by atoms with Crippen molar-refractivity contribution in [3.63, 3.8) is 0 Å². The number of aliphatic carboxylic acids is 1. The molecule has 1 aromatic heterocycles. The quantitative estimate of drug-likeness (QED) is 0.838. The van der Waals surface area contributed by atoms with Crippen LogP contribution in [0, 0.1) is 0 Å². The van der Waals surface area contributed by atoms with Crippen LogP contribution in [-0.2, 0) is 9.53 Å². The molecule has 1 fully saturated rings. The van der Waals surface area contributed by atoms with Crippen LogP contribution >= 0.6 is 0 Å². The first-order valence-electron chi connectivity index (χ1n) is 6.78. The van der Waals surface area contributed by atoms with Gasteiger partial charge >= 0.3 is 5.97 Å². The average Bonchev–Trinajstić information content (AvgIpc) is 3.02. The predicted octanol–water partition coefficient (Wildman–Crippen LogP) is 1.38. The maximum Gasteiger partial charge on any atom is 0.305 e. The van der Waals surface area contributed by atoms with Gasteiger partial charge in [0.1, 0.15) is 0 Å². The van der Waals surface area contributed by atoms with E-state index >= 15 is 0 Å². The number of aromatic nitrogens is 4. The number of carboxylic acid groups (broad SMARTS) is 1. The molecule has 3 atom stereocenters. The summed E-state index contributed by atoms with van der Waals surface area (Å²) in [5, 5.41) is 20.8. The summed E-state index contributed by atoms with van der Waals surface area (Å²) in [7, 11) is 0. The van der Waals surface area contributed by atoms with Crippen molar-refractivity contribution in [2.45, 2.75) is 57.6 Å². The summed E-state index contributed by atoms with van der Waals surface area (Å²) in [5.41, 5.74) is 0. The highest BCUT2D eigenvalue weighted by Crippen LogP contribution is 2.33. The number of rotatable bonds is 6. The largest absolute Gasteiger partial charge is 0.481 e. The maximum atomic E-state index is 10.9. The number of ether oxygens (including phenoxy) is 1. The Balaban J connectivity index is 2.23. The van der Waals surface area contributed by atoms with E-state index in [9.17, 15) is 4.79 Å². The van der Waals surface area contributed by atoms with E-state index in [1.165, 1.54) is 0 Å². The molecule has 1 aromatic rings. The molecule has 19 heavy (non-hydrogen) atoms. The molecule has 106 valence electrons. The molecule has 1 aliphatic heterocycles. The van der Waals surface area contributed by atoms with E-state index in [1.54, 1.807) is 4.68 Å². The van der Waals surface area contributed by atoms with E-state index in [4.69, 9.17) is 9.84 Å². The van der Waals surface area contributed by atoms with Gasteiger partial charge in [0, 0.05) is 12.5 Å². The monoisotopic (exact) mass is 268 g/mol. The van der Waals surface area contributed by atoms with Crippen molar-refractivity contribution in [1.82, 2.24) is 20.2 Å². The summed E-state index contributed by atoms with van der Waals surface area (Å²) >= 11 is 0. The van der Waals surface area contributed by atoms with Gasteiger partial charge in [-0.2, -0.15) is 0 Å². The van der Waals surface area contributed by atoms with Crippen LogP contribution < -0.4 is 0 Å². The molecule has 7 heteroatoms. The van der Waals surface area contributed by atoms with Gasteiger partial charge in [-0.1, -0.05) is 13.8 Å². The first-order chi connectivity index (χ1) is 9.17. The Morgan fingerprint density at radius 2 is 2.37 bits per heavy atom. The second kappa shape index (κ2) is 6.10. The highest BCUT2D eigenvalue weighted by molar-refractivity contribution is 5.67. The first-order valence-corrected chi connectivity index (χ1v) is 6.78. The zero-order chi connectivity index (χ0) is 13.8. The fraction of sp³-hybridized carbons (Fsp3) is 0.833. The van der Waals surface area contributed by atoms with Crippen LogP contribution in [0.2, 0.25) is 0 Å². The standard InChI is InChI=1S/C12H20N4O3/c1-3-8(7-11(17)18)16-12(13-14-15-16)9-5-6-19-10(9)4-2/h8-10H,3-7H2,1-2H3,(H,17,18). The Bertz CT molecular complexity index is 434. The second-order valence-corrected chi connectivity index (χ2v) is 4.85. The number of hydrogen-bond acceptors (Lipinski definition) is 5. The minimum Gasteiger partial charge on any atom is -0.481 e. The first kappa shape index (κ1) is 13.9. The fourth-order valence-electron chi connectivity index (χ4n) is 2.66. The van der Waals surface area contributed by atoms with E-state index in [0.717, 1.165) is 18.7 Å². The van der Waals surface area contributed by atoms with Crippen LogP contribution in [0.25, 0.3) is 0 Å². The smallest absolute Gasteiger partial charge is 0.305 e. The zero-order valence-corrected chi connectivity index (χ0v) is 11.3. The molecular formula is C12H20N4O3. The van der Waals surface area contributed by atoms with Crippen LogP contribution in [0.4, 0.5) is 0 Å². The van der Waals surface area contributed by atoms with Gasteiger partial charge in [0.2, 0.25) is 0 Å². The lowest BCUT2D eigenvalue weighted by Gasteiger charge is -2.19. The summed E-state index contributed by atoms with van der Waals surface area (Å²) in [5.74, 6) is 0.100. The molecule has 3 unspecified atom stereocenters. The molecule has 0 aliphatic carbocycles. The van der Waals surface area contributed by atoms with Gasteiger partial charge in [-0.15, -0.1) is 5.10 Å². The third-order valence-electron chi connectivity index (χ3n) is 3.69. The van der Waals surface area contributed by atoms with Gasteiger partial charge in [-0.05, 0) is 29.7 Å². The van der Waals surface area contributed by atoms with Crippen molar-refractivity contribution in [1.29, 1.82) is 0 Å². The van der Waals surface area contributed by atoms with E-state index in [-0.39, 0.29) is 24.5 Å². The van der Waals surface area contributed by atoms with E-state index < -0.39 is 5.97 Å². The Kier molecular flexibility index (Phi) is 4.47. The van der Waals surface area contributed by atoms with Crippen molar-refractivity contribution in [3.8, 4) is 0 Å². The maximum absolute atomic E-state index is 10.9. The lowest BCUT2D eigenvalue weighted by molar-refractivity contribution is -0.138. The fourth-order valence-corrected chi connectivity index (χ4v) is 2.66. The topological polar surface area (TPSA) is 90.1 Å². The Labute approximate surface area is 111 Å². The van der Waals surface area contributed by atoms with Gasteiger partial charge in [-0.25, -0.2) is 4.68 Å². The van der Waals surface area contributed by atoms with Crippen molar-refractivity contribution < 1.29 is 14.6 Å². The lowest BCUT2D eigenvalue weighted by atomic mass is 9.98. The molecule has 7 nitrogen and oxygen atoms in total. The average molecular weight is 268 g/mol. The molecule has 0 radical (unpaired) electrons. The molecule has 0 saturated carbocycles. The molecule has 0 bridgehead atoms. The number of nitrogens with zero attached hydrogens (tertiary/aromatic N) is 4. The number of hydrogen-bond donors (Lipinski definition) is 1. The minimum absolute atomic E-state index is 0.0406. The molecule has 0 spiro atoms. The van der Waals surface area contributed by atoms with Crippen molar-refractivity contribution >= 4 is 5.97 Å². The second-order valence-electron chi connectivity index (χ2n) is 4.85. The highest BCUT2D eigenvalue weighted by Gasteiger charge is 2.34. The third-order valence-corrected chi connectivity index (χ3v) is 3.69. The van der Waals surface area contributed by atoms with Gasteiger partial charge in [0.15, 0.2) is 5.82 Å². The predicted molar refractivity (Wildman–Crippen MR) is 66.8 cm³/mol. The molecular weight excluding hydrogens is 248 g/mol. The van der Waals surface area contributed by atoms with Crippen molar-refractivity contribution in [2.24, 2.45) is 0 Å². The molecule has 0 amide bonds. The van der Waals surface area contributed by atoms with E-state index in [2.05, 4.69) is 22.4 Å². The Hall–Kier alpha value is -1.50. The third kappa shape index (κ3) is 2.91. The summed E-state index contributed by atoms with van der Waals surface area (Å²) in [4.78, 5) is 10.9. The number of carboxylic acids is 1. The molecule has 1 saturated heterocycles. The van der Waals surface area contributed by atoms with Crippen LogP contribution in [0.1, 0.15) is 57.3 Å². The van der Waals surface area contributed by atoms with Crippen LogP contribution in [-0.4, -0.2) is 44.0 Å². The minimum atomic E-state index is -0.831. The van der Waals surface area contributed by atoms with Crippen molar-refractivity contribution in [2.75, 3.05) is 6.61 Å². The van der Waals surface area contributed by atoms with Crippen molar-refractivity contribution in [3.05, 3.63) is 5.82 Å². The summed E-state index contributed by atoms with van der Waals surface area (Å²) in [6.07, 6.45) is 2.66. The molecule has 1 N–H and O–H groups in total. The summed E-state index contributed by atoms with van der Waals surface area (Å²) in [6, 6.07) is -0.194. The van der Waals surface area contributed by atoms with Gasteiger partial charge in [-0.3, -0.25) is 4.79 Å².